The number of carbonyl (C=O) groups is 2. The maximum Gasteiger partial charge on any atom is 0.397 e. The third kappa shape index (κ3) is 3.72. The summed E-state index contributed by atoms with van der Waals surface area (Å²) in [6.07, 6.45) is 4.12. The van der Waals surface area contributed by atoms with Crippen LogP contribution in [0.15, 0.2) is 0 Å². The Morgan fingerprint density at radius 3 is 2.29 bits per heavy atom. The first-order valence-electron chi connectivity index (χ1n) is 6.31. The number of esters is 1. The van der Waals surface area contributed by atoms with Crippen LogP contribution in [0.3, 0.4) is 0 Å². The number of hydrogen-bond donors (Lipinski definition) is 0. The fraction of sp³-hybridized carbons (Fsp3) is 0.846. The summed E-state index contributed by atoms with van der Waals surface area (Å²) in [4.78, 5) is 24.6. The lowest BCUT2D eigenvalue weighted by atomic mass is 9.75. The van der Waals surface area contributed by atoms with Crippen LogP contribution < -0.4 is 0 Å². The average molecular weight is 241 g/mol. The van der Waals surface area contributed by atoms with Crippen molar-refractivity contribution in [1.82, 2.24) is 4.90 Å². The lowest BCUT2D eigenvalue weighted by Crippen LogP contribution is -2.44. The second kappa shape index (κ2) is 5.52. The van der Waals surface area contributed by atoms with Gasteiger partial charge in [0.25, 0.3) is 0 Å². The van der Waals surface area contributed by atoms with Crippen molar-refractivity contribution in [2.45, 2.75) is 52.5 Å². The van der Waals surface area contributed by atoms with Crippen LogP contribution in [0.2, 0.25) is 0 Å². The molecular formula is C13H23NO3. The van der Waals surface area contributed by atoms with Crippen LogP contribution >= 0.6 is 0 Å². The highest BCUT2D eigenvalue weighted by Gasteiger charge is 2.32. The van der Waals surface area contributed by atoms with Crippen LogP contribution in [-0.4, -0.2) is 36.5 Å². The van der Waals surface area contributed by atoms with Crippen LogP contribution in [0.1, 0.15) is 46.5 Å². The number of carbonyl (C=O) groups excluding carboxylic acids is 2. The van der Waals surface area contributed by atoms with Gasteiger partial charge in [-0.25, -0.2) is 4.79 Å². The Bertz CT molecular complexity index is 289. The Hall–Kier alpha value is -1.06. The van der Waals surface area contributed by atoms with E-state index in [1.165, 1.54) is 0 Å². The molecule has 1 rings (SSSR count). The minimum absolute atomic E-state index is 0.180. The van der Waals surface area contributed by atoms with Crippen molar-refractivity contribution in [2.24, 2.45) is 5.41 Å². The third-order valence-corrected chi connectivity index (χ3v) is 3.63. The number of amides is 1. The standard InChI is InChI=1S/C13H23NO3/c1-5-17-12(16)11(15)14(4)10-6-8-13(2,3)9-7-10/h10H,5-9H2,1-4H3. The molecule has 98 valence electrons. The molecule has 0 radical (unpaired) electrons. The average Bonchev–Trinajstić information content (AvgIpc) is 2.27. The second-order valence-corrected chi connectivity index (χ2v) is 5.53. The SMILES string of the molecule is CCOC(=O)C(=O)N(C)C1CCC(C)(C)CC1. The Kier molecular flexibility index (Phi) is 4.54. The molecule has 1 saturated carbocycles. The van der Waals surface area contributed by atoms with E-state index in [4.69, 9.17) is 4.74 Å². The van der Waals surface area contributed by atoms with Gasteiger partial charge in [-0.3, -0.25) is 4.79 Å². The smallest absolute Gasteiger partial charge is 0.397 e. The van der Waals surface area contributed by atoms with E-state index < -0.39 is 11.9 Å². The number of hydrogen-bond acceptors (Lipinski definition) is 3. The number of likely N-dealkylation sites (N-methyl/N-ethyl adjacent to an activating group) is 1. The van der Waals surface area contributed by atoms with Gasteiger partial charge in [0.05, 0.1) is 6.61 Å². The highest BCUT2D eigenvalue weighted by molar-refractivity contribution is 6.32. The van der Waals surface area contributed by atoms with Crippen molar-refractivity contribution in [3.63, 3.8) is 0 Å². The molecule has 1 aliphatic rings. The highest BCUT2D eigenvalue weighted by Crippen LogP contribution is 2.36. The maximum atomic E-state index is 11.7. The summed E-state index contributed by atoms with van der Waals surface area (Å²) in [7, 11) is 1.70. The van der Waals surface area contributed by atoms with Crippen molar-refractivity contribution in [3.8, 4) is 0 Å². The zero-order chi connectivity index (χ0) is 13.1. The normalized spacial score (nSPS) is 19.8. The van der Waals surface area contributed by atoms with Crippen LogP contribution in [0, 0.1) is 5.41 Å². The van der Waals surface area contributed by atoms with E-state index >= 15 is 0 Å². The van der Waals surface area contributed by atoms with Gasteiger partial charge in [-0.2, -0.15) is 0 Å². The molecule has 0 aliphatic heterocycles. The van der Waals surface area contributed by atoms with E-state index in [0.29, 0.717) is 5.41 Å². The van der Waals surface area contributed by atoms with Gasteiger partial charge < -0.3 is 9.64 Å². The van der Waals surface area contributed by atoms with Gasteiger partial charge in [0.2, 0.25) is 0 Å². The molecule has 0 aromatic rings. The fourth-order valence-corrected chi connectivity index (χ4v) is 2.27. The fourth-order valence-electron chi connectivity index (χ4n) is 2.27. The first kappa shape index (κ1) is 14.0. The van der Waals surface area contributed by atoms with Crippen LogP contribution in [0.25, 0.3) is 0 Å². The van der Waals surface area contributed by atoms with Crippen LogP contribution in [0.5, 0.6) is 0 Å². The number of nitrogens with zero attached hydrogens (tertiary/aromatic N) is 1. The van der Waals surface area contributed by atoms with Crippen molar-refractivity contribution < 1.29 is 14.3 Å². The summed E-state index contributed by atoms with van der Waals surface area (Å²) in [6.45, 7) is 6.44. The summed E-state index contributed by atoms with van der Waals surface area (Å²) in [6, 6.07) is 0.180. The Morgan fingerprint density at radius 2 is 1.82 bits per heavy atom. The number of rotatable bonds is 2. The lowest BCUT2D eigenvalue weighted by Gasteiger charge is -2.38. The van der Waals surface area contributed by atoms with Gasteiger partial charge in [0, 0.05) is 13.1 Å². The maximum absolute atomic E-state index is 11.7. The first-order valence-corrected chi connectivity index (χ1v) is 6.31. The van der Waals surface area contributed by atoms with Crippen LogP contribution in [-0.2, 0) is 14.3 Å². The summed E-state index contributed by atoms with van der Waals surface area (Å²) < 4.78 is 4.73. The molecule has 0 saturated heterocycles. The Balaban J connectivity index is 2.51. The highest BCUT2D eigenvalue weighted by atomic mass is 16.5. The molecular weight excluding hydrogens is 218 g/mol. The van der Waals surface area contributed by atoms with Crippen molar-refractivity contribution >= 4 is 11.9 Å². The minimum Gasteiger partial charge on any atom is -0.459 e. The quantitative estimate of drug-likeness (QED) is 0.548. The topological polar surface area (TPSA) is 46.6 Å². The Labute approximate surface area is 103 Å². The summed E-state index contributed by atoms with van der Waals surface area (Å²) >= 11 is 0. The molecule has 0 unspecified atom stereocenters. The van der Waals surface area contributed by atoms with Gasteiger partial charge in [0.1, 0.15) is 0 Å². The third-order valence-electron chi connectivity index (χ3n) is 3.63. The zero-order valence-corrected chi connectivity index (χ0v) is 11.3. The van der Waals surface area contributed by atoms with Gasteiger partial charge in [-0.1, -0.05) is 13.8 Å². The molecule has 1 fully saturated rings. The Morgan fingerprint density at radius 1 is 1.29 bits per heavy atom. The molecule has 0 heterocycles. The minimum atomic E-state index is -0.736. The summed E-state index contributed by atoms with van der Waals surface area (Å²) in [5, 5.41) is 0. The van der Waals surface area contributed by atoms with Gasteiger partial charge >= 0.3 is 11.9 Å². The first-order chi connectivity index (χ1) is 7.87. The molecule has 1 amide bonds. The van der Waals surface area contributed by atoms with E-state index in [0.717, 1.165) is 25.7 Å². The predicted octanol–water partition coefficient (Wildman–Crippen LogP) is 1.98. The van der Waals surface area contributed by atoms with Crippen molar-refractivity contribution in [1.29, 1.82) is 0 Å². The van der Waals surface area contributed by atoms with Gasteiger partial charge in [0.15, 0.2) is 0 Å². The van der Waals surface area contributed by atoms with E-state index in [-0.39, 0.29) is 12.6 Å². The number of ether oxygens (including phenoxy) is 1. The predicted molar refractivity (Wildman–Crippen MR) is 65.4 cm³/mol. The second-order valence-electron chi connectivity index (χ2n) is 5.53. The lowest BCUT2D eigenvalue weighted by molar-refractivity contribution is -0.160. The molecule has 4 nitrogen and oxygen atoms in total. The molecule has 0 bridgehead atoms. The van der Waals surface area contributed by atoms with E-state index in [1.807, 2.05) is 0 Å². The summed E-state index contributed by atoms with van der Waals surface area (Å²) in [5.74, 6) is -1.25. The van der Waals surface area contributed by atoms with E-state index in [1.54, 1.807) is 18.9 Å². The molecule has 0 N–H and O–H groups in total. The molecule has 1 aliphatic carbocycles. The van der Waals surface area contributed by atoms with E-state index in [2.05, 4.69) is 13.8 Å². The molecule has 0 atom stereocenters. The van der Waals surface area contributed by atoms with E-state index in [9.17, 15) is 9.59 Å². The summed E-state index contributed by atoms with van der Waals surface area (Å²) in [5.41, 5.74) is 0.365. The zero-order valence-electron chi connectivity index (χ0n) is 11.3. The van der Waals surface area contributed by atoms with Crippen LogP contribution in [0.4, 0.5) is 0 Å². The van der Waals surface area contributed by atoms with Crippen molar-refractivity contribution in [3.05, 3.63) is 0 Å². The molecule has 0 aromatic carbocycles. The van der Waals surface area contributed by atoms with Gasteiger partial charge in [-0.15, -0.1) is 0 Å². The molecule has 0 spiro atoms. The largest absolute Gasteiger partial charge is 0.459 e. The molecule has 17 heavy (non-hydrogen) atoms. The van der Waals surface area contributed by atoms with Gasteiger partial charge in [-0.05, 0) is 38.0 Å². The monoisotopic (exact) mass is 241 g/mol. The molecule has 0 aromatic heterocycles. The molecule has 4 heteroatoms. The van der Waals surface area contributed by atoms with Crippen molar-refractivity contribution in [2.75, 3.05) is 13.7 Å².